The molecule has 1 heterocycles. The summed E-state index contributed by atoms with van der Waals surface area (Å²) in [6.07, 6.45) is -0.977. The van der Waals surface area contributed by atoms with E-state index in [1.54, 1.807) is 11.3 Å². The van der Waals surface area contributed by atoms with E-state index in [0.717, 1.165) is 5.69 Å². The SMILES string of the molecule is COc1cc(F)c(C(O)CNc2ccsc2)cc1OC. The second kappa shape index (κ2) is 6.58. The van der Waals surface area contributed by atoms with Crippen LogP contribution >= 0.6 is 11.3 Å². The van der Waals surface area contributed by atoms with E-state index in [0.29, 0.717) is 11.5 Å². The van der Waals surface area contributed by atoms with Gasteiger partial charge in [0.1, 0.15) is 5.82 Å². The zero-order valence-corrected chi connectivity index (χ0v) is 12.0. The van der Waals surface area contributed by atoms with Crippen LogP contribution in [0.4, 0.5) is 10.1 Å². The van der Waals surface area contributed by atoms with Crippen molar-refractivity contribution < 1.29 is 19.0 Å². The zero-order chi connectivity index (χ0) is 14.5. The molecule has 0 saturated carbocycles. The van der Waals surface area contributed by atoms with E-state index in [2.05, 4.69) is 5.32 Å². The fourth-order valence-electron chi connectivity index (χ4n) is 1.81. The lowest BCUT2D eigenvalue weighted by atomic mass is 10.1. The van der Waals surface area contributed by atoms with E-state index in [9.17, 15) is 9.50 Å². The first-order chi connectivity index (χ1) is 9.65. The van der Waals surface area contributed by atoms with Crippen LogP contribution in [0, 0.1) is 5.82 Å². The fourth-order valence-corrected chi connectivity index (χ4v) is 2.43. The van der Waals surface area contributed by atoms with Crippen LogP contribution in [0.2, 0.25) is 0 Å². The Morgan fingerprint density at radius 2 is 2.00 bits per heavy atom. The summed E-state index contributed by atoms with van der Waals surface area (Å²) in [4.78, 5) is 0. The van der Waals surface area contributed by atoms with E-state index in [1.807, 2.05) is 16.8 Å². The molecule has 0 aliphatic carbocycles. The molecule has 4 nitrogen and oxygen atoms in total. The van der Waals surface area contributed by atoms with Gasteiger partial charge in [0.25, 0.3) is 0 Å². The van der Waals surface area contributed by atoms with Gasteiger partial charge in [-0.25, -0.2) is 4.39 Å². The number of benzene rings is 1. The number of nitrogens with one attached hydrogen (secondary N) is 1. The maximum absolute atomic E-state index is 13.9. The molecular weight excluding hydrogens is 281 g/mol. The molecule has 0 radical (unpaired) electrons. The molecule has 0 fully saturated rings. The van der Waals surface area contributed by atoms with Crippen molar-refractivity contribution >= 4 is 17.0 Å². The molecule has 108 valence electrons. The van der Waals surface area contributed by atoms with Crippen LogP contribution in [-0.2, 0) is 0 Å². The van der Waals surface area contributed by atoms with Crippen LogP contribution in [0.1, 0.15) is 11.7 Å². The van der Waals surface area contributed by atoms with Crippen LogP contribution in [0.15, 0.2) is 29.0 Å². The third-order valence-corrected chi connectivity index (χ3v) is 3.57. The fraction of sp³-hybridized carbons (Fsp3) is 0.286. The van der Waals surface area contributed by atoms with Gasteiger partial charge in [-0.2, -0.15) is 11.3 Å². The summed E-state index contributed by atoms with van der Waals surface area (Å²) < 4.78 is 24.1. The number of anilines is 1. The quantitative estimate of drug-likeness (QED) is 0.860. The molecule has 6 heteroatoms. The molecule has 0 bridgehead atoms. The standard InChI is InChI=1S/C14H16FNO3S/c1-18-13-5-10(11(15)6-14(13)19-2)12(17)7-16-9-3-4-20-8-9/h3-6,8,12,16-17H,7H2,1-2H3. The number of aliphatic hydroxyl groups is 1. The normalized spacial score (nSPS) is 12.0. The van der Waals surface area contributed by atoms with Gasteiger partial charge in [-0.15, -0.1) is 0 Å². The highest BCUT2D eigenvalue weighted by atomic mass is 32.1. The predicted molar refractivity (Wildman–Crippen MR) is 77.3 cm³/mol. The van der Waals surface area contributed by atoms with Gasteiger partial charge in [-0.3, -0.25) is 0 Å². The maximum Gasteiger partial charge on any atom is 0.163 e. The molecule has 0 spiro atoms. The van der Waals surface area contributed by atoms with E-state index < -0.39 is 11.9 Å². The van der Waals surface area contributed by atoms with Crippen molar-refractivity contribution in [2.75, 3.05) is 26.1 Å². The first-order valence-electron chi connectivity index (χ1n) is 6.01. The third kappa shape index (κ3) is 3.20. The molecule has 0 saturated heterocycles. The van der Waals surface area contributed by atoms with Gasteiger partial charge in [0, 0.05) is 29.2 Å². The highest BCUT2D eigenvalue weighted by Gasteiger charge is 2.17. The predicted octanol–water partition coefficient (Wildman–Crippen LogP) is 3.05. The summed E-state index contributed by atoms with van der Waals surface area (Å²) >= 11 is 1.55. The first-order valence-corrected chi connectivity index (χ1v) is 6.95. The number of hydrogen-bond donors (Lipinski definition) is 2. The highest BCUT2D eigenvalue weighted by Crippen LogP contribution is 2.32. The van der Waals surface area contributed by atoms with Gasteiger partial charge in [-0.05, 0) is 17.5 Å². The molecule has 2 aromatic rings. The molecule has 1 unspecified atom stereocenters. The minimum atomic E-state index is -0.977. The molecule has 0 aliphatic rings. The van der Waals surface area contributed by atoms with Crippen LogP contribution < -0.4 is 14.8 Å². The van der Waals surface area contributed by atoms with Crippen LogP contribution in [-0.4, -0.2) is 25.9 Å². The first kappa shape index (κ1) is 14.6. The van der Waals surface area contributed by atoms with Gasteiger partial charge < -0.3 is 19.9 Å². The Bertz CT molecular complexity index is 560. The Morgan fingerprint density at radius 3 is 2.60 bits per heavy atom. The number of methoxy groups -OCH3 is 2. The molecule has 20 heavy (non-hydrogen) atoms. The lowest BCUT2D eigenvalue weighted by Gasteiger charge is -2.16. The summed E-state index contributed by atoms with van der Waals surface area (Å²) in [6.45, 7) is 0.211. The van der Waals surface area contributed by atoms with Crippen LogP contribution in [0.5, 0.6) is 11.5 Å². The van der Waals surface area contributed by atoms with Crippen molar-refractivity contribution in [2.45, 2.75) is 6.10 Å². The van der Waals surface area contributed by atoms with E-state index in [4.69, 9.17) is 9.47 Å². The summed E-state index contributed by atoms with van der Waals surface area (Å²) in [6, 6.07) is 4.55. The molecule has 0 aliphatic heterocycles. The van der Waals surface area contributed by atoms with Gasteiger partial charge in [0.2, 0.25) is 0 Å². The van der Waals surface area contributed by atoms with Gasteiger partial charge in [0.15, 0.2) is 11.5 Å². The molecule has 1 aromatic carbocycles. The van der Waals surface area contributed by atoms with Crippen molar-refractivity contribution in [2.24, 2.45) is 0 Å². The van der Waals surface area contributed by atoms with Crippen molar-refractivity contribution in [3.63, 3.8) is 0 Å². The van der Waals surface area contributed by atoms with Crippen LogP contribution in [0.25, 0.3) is 0 Å². The number of rotatable bonds is 6. The molecule has 2 N–H and O–H groups in total. The maximum atomic E-state index is 13.9. The Labute approximate surface area is 120 Å². The van der Waals surface area contributed by atoms with Gasteiger partial charge in [0.05, 0.1) is 20.3 Å². The molecule has 1 atom stereocenters. The lowest BCUT2D eigenvalue weighted by molar-refractivity contribution is 0.185. The number of halogens is 1. The average Bonchev–Trinajstić information content (AvgIpc) is 2.97. The Morgan fingerprint density at radius 1 is 1.30 bits per heavy atom. The lowest BCUT2D eigenvalue weighted by Crippen LogP contribution is -2.13. The Hall–Kier alpha value is -1.79. The number of aliphatic hydroxyl groups excluding tert-OH is 1. The van der Waals surface area contributed by atoms with Crippen molar-refractivity contribution in [1.29, 1.82) is 0 Å². The minimum Gasteiger partial charge on any atom is -0.493 e. The molecule has 0 amide bonds. The smallest absolute Gasteiger partial charge is 0.163 e. The molecule has 2 rings (SSSR count). The molecule has 1 aromatic heterocycles. The van der Waals surface area contributed by atoms with Gasteiger partial charge >= 0.3 is 0 Å². The second-order valence-electron chi connectivity index (χ2n) is 4.14. The number of thiophene rings is 1. The number of hydrogen-bond acceptors (Lipinski definition) is 5. The van der Waals surface area contributed by atoms with Gasteiger partial charge in [-0.1, -0.05) is 0 Å². The summed E-state index contributed by atoms with van der Waals surface area (Å²) in [5.74, 6) is 0.160. The van der Waals surface area contributed by atoms with E-state index >= 15 is 0 Å². The van der Waals surface area contributed by atoms with E-state index in [-0.39, 0.29) is 12.1 Å². The Kier molecular flexibility index (Phi) is 4.81. The Balaban J connectivity index is 2.14. The van der Waals surface area contributed by atoms with Crippen molar-refractivity contribution in [1.82, 2.24) is 0 Å². The minimum absolute atomic E-state index is 0.172. The summed E-state index contributed by atoms with van der Waals surface area (Å²) in [7, 11) is 2.90. The van der Waals surface area contributed by atoms with Crippen LogP contribution in [0.3, 0.4) is 0 Å². The molecular formula is C14H16FNO3S. The average molecular weight is 297 g/mol. The van der Waals surface area contributed by atoms with Crippen molar-refractivity contribution in [3.05, 3.63) is 40.3 Å². The monoisotopic (exact) mass is 297 g/mol. The zero-order valence-electron chi connectivity index (χ0n) is 11.2. The third-order valence-electron chi connectivity index (χ3n) is 2.88. The highest BCUT2D eigenvalue weighted by molar-refractivity contribution is 7.08. The van der Waals surface area contributed by atoms with E-state index in [1.165, 1.54) is 26.4 Å². The second-order valence-corrected chi connectivity index (χ2v) is 4.92. The largest absolute Gasteiger partial charge is 0.493 e. The summed E-state index contributed by atoms with van der Waals surface area (Å²) in [5.41, 5.74) is 1.07. The summed E-state index contributed by atoms with van der Waals surface area (Å²) in [5, 5.41) is 17.0. The number of ether oxygens (including phenoxy) is 2. The topological polar surface area (TPSA) is 50.7 Å². The van der Waals surface area contributed by atoms with Crippen molar-refractivity contribution in [3.8, 4) is 11.5 Å².